The van der Waals surface area contributed by atoms with Crippen LogP contribution in [-0.2, 0) is 0 Å². The zero-order chi connectivity index (χ0) is 18.5. The molecule has 0 aliphatic carbocycles. The molecule has 0 aliphatic rings. The molecule has 0 N–H and O–H groups in total. The van der Waals surface area contributed by atoms with E-state index in [2.05, 4.69) is 11.6 Å². The number of rotatable bonds is 6. The lowest BCUT2D eigenvalue weighted by molar-refractivity contribution is -0.384. The second-order valence-corrected chi connectivity index (χ2v) is 6.23. The fourth-order valence-electron chi connectivity index (χ4n) is 2.39. The van der Waals surface area contributed by atoms with Crippen molar-refractivity contribution in [1.82, 2.24) is 4.98 Å². The number of non-ortho nitro benzene ring substituents is 1. The van der Waals surface area contributed by atoms with Gasteiger partial charge in [0.2, 0.25) is 0 Å². The minimum Gasteiger partial charge on any atom is -0.280 e. The fourth-order valence-corrected chi connectivity index (χ4v) is 3.23. The number of nitro groups is 1. The molecule has 2 aromatic carbocycles. The van der Waals surface area contributed by atoms with Crippen LogP contribution >= 0.6 is 11.3 Å². The topological polar surface area (TPSA) is 76.3 Å². The van der Waals surface area contributed by atoms with Crippen LogP contribution in [0.5, 0.6) is 0 Å². The van der Waals surface area contributed by atoms with E-state index in [1.54, 1.807) is 35.2 Å². The number of carbonyl (C=O) groups is 1. The highest BCUT2D eigenvalue weighted by Gasteiger charge is 2.20. The lowest BCUT2D eigenvalue weighted by atomic mass is 10.1. The second kappa shape index (κ2) is 7.71. The molecule has 1 heterocycles. The van der Waals surface area contributed by atoms with Gasteiger partial charge in [-0.1, -0.05) is 24.3 Å². The van der Waals surface area contributed by atoms with Crippen molar-refractivity contribution in [3.8, 4) is 11.3 Å². The molecule has 0 saturated carbocycles. The molecular weight excluding hydrogens is 350 g/mol. The highest BCUT2D eigenvalue weighted by atomic mass is 32.1. The van der Waals surface area contributed by atoms with E-state index in [0.717, 1.165) is 5.56 Å². The zero-order valence-corrected chi connectivity index (χ0v) is 14.6. The average Bonchev–Trinajstić information content (AvgIpc) is 3.16. The number of aromatic nitrogens is 1. The molecule has 3 rings (SSSR count). The van der Waals surface area contributed by atoms with Crippen LogP contribution in [0.3, 0.4) is 0 Å². The van der Waals surface area contributed by atoms with Crippen molar-refractivity contribution >= 4 is 28.1 Å². The minimum atomic E-state index is -0.444. The first kappa shape index (κ1) is 17.5. The Kier molecular flexibility index (Phi) is 5.19. The summed E-state index contributed by atoms with van der Waals surface area (Å²) >= 11 is 1.34. The van der Waals surface area contributed by atoms with Crippen LogP contribution in [-0.4, -0.2) is 22.4 Å². The molecule has 0 spiro atoms. The standard InChI is InChI=1S/C19H15N3O3S/c1-2-12-21(18(23)15-6-4-3-5-7-15)19-20-17(13-26-19)14-8-10-16(11-9-14)22(24)25/h2-11,13H,1,12H2. The van der Waals surface area contributed by atoms with Gasteiger partial charge in [0.05, 0.1) is 10.6 Å². The van der Waals surface area contributed by atoms with Crippen LogP contribution in [0.25, 0.3) is 11.3 Å². The van der Waals surface area contributed by atoms with Crippen LogP contribution in [0.15, 0.2) is 72.6 Å². The first-order chi connectivity index (χ1) is 12.6. The Morgan fingerprint density at radius 3 is 2.50 bits per heavy atom. The SMILES string of the molecule is C=CCN(C(=O)c1ccccc1)c1nc(-c2ccc([N+](=O)[O-])cc2)cs1. The summed E-state index contributed by atoms with van der Waals surface area (Å²) in [5.74, 6) is -0.157. The van der Waals surface area contributed by atoms with Crippen LogP contribution in [0.4, 0.5) is 10.8 Å². The van der Waals surface area contributed by atoms with Gasteiger partial charge in [0.25, 0.3) is 11.6 Å². The summed E-state index contributed by atoms with van der Waals surface area (Å²) < 4.78 is 0. The Morgan fingerprint density at radius 2 is 1.88 bits per heavy atom. The van der Waals surface area contributed by atoms with Gasteiger partial charge >= 0.3 is 0 Å². The van der Waals surface area contributed by atoms with Gasteiger partial charge in [-0.05, 0) is 24.3 Å². The Balaban J connectivity index is 1.89. The van der Waals surface area contributed by atoms with Gasteiger partial charge in [-0.25, -0.2) is 4.98 Å². The van der Waals surface area contributed by atoms with Crippen LogP contribution in [0, 0.1) is 10.1 Å². The number of amides is 1. The molecule has 26 heavy (non-hydrogen) atoms. The van der Waals surface area contributed by atoms with Gasteiger partial charge in [0.15, 0.2) is 5.13 Å². The Bertz CT molecular complexity index is 936. The van der Waals surface area contributed by atoms with Crippen LogP contribution in [0.2, 0.25) is 0 Å². The molecule has 7 heteroatoms. The van der Waals surface area contributed by atoms with E-state index >= 15 is 0 Å². The van der Waals surface area contributed by atoms with Gasteiger partial charge in [-0.3, -0.25) is 19.8 Å². The Hall–Kier alpha value is -3.32. The molecule has 0 fully saturated rings. The van der Waals surface area contributed by atoms with Crippen LogP contribution in [0.1, 0.15) is 10.4 Å². The quantitative estimate of drug-likeness (QED) is 0.365. The summed E-state index contributed by atoms with van der Waals surface area (Å²) in [5, 5.41) is 13.1. The number of hydrogen-bond acceptors (Lipinski definition) is 5. The van der Waals surface area contributed by atoms with Crippen molar-refractivity contribution in [3.05, 3.63) is 88.3 Å². The third-order valence-corrected chi connectivity index (χ3v) is 4.54. The van der Waals surface area contributed by atoms with Crippen LogP contribution < -0.4 is 4.90 Å². The summed E-state index contributed by atoms with van der Waals surface area (Å²) in [5.41, 5.74) is 2.01. The first-order valence-corrected chi connectivity index (χ1v) is 8.66. The maximum atomic E-state index is 12.8. The number of anilines is 1. The number of nitro benzene ring substituents is 1. The number of nitrogens with zero attached hydrogens (tertiary/aromatic N) is 3. The summed E-state index contributed by atoms with van der Waals surface area (Å²) in [6, 6.07) is 15.1. The van der Waals surface area contributed by atoms with E-state index in [4.69, 9.17) is 0 Å². The van der Waals surface area contributed by atoms with Gasteiger partial charge < -0.3 is 0 Å². The monoisotopic (exact) mass is 365 g/mol. The summed E-state index contributed by atoms with van der Waals surface area (Å²) in [7, 11) is 0. The van der Waals surface area contributed by atoms with E-state index < -0.39 is 4.92 Å². The van der Waals surface area contributed by atoms with Crippen molar-refractivity contribution < 1.29 is 9.72 Å². The molecule has 1 amide bonds. The predicted molar refractivity (Wildman–Crippen MR) is 103 cm³/mol. The number of carbonyl (C=O) groups excluding carboxylic acids is 1. The third-order valence-electron chi connectivity index (χ3n) is 3.67. The van der Waals surface area contributed by atoms with Crippen molar-refractivity contribution in [1.29, 1.82) is 0 Å². The minimum absolute atomic E-state index is 0.0248. The maximum Gasteiger partial charge on any atom is 0.269 e. The lowest BCUT2D eigenvalue weighted by Crippen LogP contribution is -2.30. The van der Waals surface area contributed by atoms with Crippen molar-refractivity contribution in [2.75, 3.05) is 11.4 Å². The van der Waals surface area contributed by atoms with E-state index in [1.165, 1.54) is 23.5 Å². The zero-order valence-electron chi connectivity index (χ0n) is 13.7. The highest BCUT2D eigenvalue weighted by molar-refractivity contribution is 7.14. The number of hydrogen-bond donors (Lipinski definition) is 0. The molecule has 3 aromatic rings. The lowest BCUT2D eigenvalue weighted by Gasteiger charge is -2.18. The summed E-state index contributed by atoms with van der Waals surface area (Å²) in [6.07, 6.45) is 1.65. The number of benzene rings is 2. The first-order valence-electron chi connectivity index (χ1n) is 7.78. The maximum absolute atomic E-state index is 12.8. The second-order valence-electron chi connectivity index (χ2n) is 5.39. The van der Waals surface area contributed by atoms with Gasteiger partial charge in [0, 0.05) is 35.2 Å². The summed E-state index contributed by atoms with van der Waals surface area (Å²) in [4.78, 5) is 29.2. The highest BCUT2D eigenvalue weighted by Crippen LogP contribution is 2.29. The molecule has 1 aromatic heterocycles. The molecule has 0 saturated heterocycles. The fraction of sp³-hybridized carbons (Fsp3) is 0.0526. The van der Waals surface area contributed by atoms with Crippen molar-refractivity contribution in [2.45, 2.75) is 0 Å². The van der Waals surface area contributed by atoms with E-state index in [0.29, 0.717) is 22.9 Å². The molecule has 0 atom stereocenters. The summed E-state index contributed by atoms with van der Waals surface area (Å²) in [6.45, 7) is 4.05. The molecule has 0 aliphatic heterocycles. The molecule has 130 valence electrons. The van der Waals surface area contributed by atoms with E-state index in [9.17, 15) is 14.9 Å². The number of thiazole rings is 1. The Labute approximate surface area is 154 Å². The molecule has 6 nitrogen and oxygen atoms in total. The van der Waals surface area contributed by atoms with Crippen molar-refractivity contribution in [2.24, 2.45) is 0 Å². The molecule has 0 unspecified atom stereocenters. The smallest absolute Gasteiger partial charge is 0.269 e. The molecular formula is C19H15N3O3S. The third kappa shape index (κ3) is 3.68. The predicted octanol–water partition coefficient (Wildman–Crippen LogP) is 4.55. The largest absolute Gasteiger partial charge is 0.280 e. The van der Waals surface area contributed by atoms with E-state index in [1.807, 2.05) is 23.6 Å². The molecule has 0 bridgehead atoms. The van der Waals surface area contributed by atoms with Gasteiger partial charge in [-0.2, -0.15) is 0 Å². The van der Waals surface area contributed by atoms with E-state index in [-0.39, 0.29) is 11.6 Å². The van der Waals surface area contributed by atoms with Crippen molar-refractivity contribution in [3.63, 3.8) is 0 Å². The Morgan fingerprint density at radius 1 is 1.19 bits per heavy atom. The van der Waals surface area contributed by atoms with Gasteiger partial charge in [-0.15, -0.1) is 17.9 Å². The molecule has 0 radical (unpaired) electrons. The van der Waals surface area contributed by atoms with Gasteiger partial charge in [0.1, 0.15) is 0 Å². The average molecular weight is 365 g/mol. The normalized spacial score (nSPS) is 10.3.